The average Bonchev–Trinajstić information content (AvgIpc) is 3.04. The van der Waals surface area contributed by atoms with E-state index in [0.717, 1.165) is 5.56 Å². The van der Waals surface area contributed by atoms with Crippen LogP contribution in [0.3, 0.4) is 0 Å². The summed E-state index contributed by atoms with van der Waals surface area (Å²) in [6, 6.07) is 19.4. The molecule has 1 saturated heterocycles. The topological polar surface area (TPSA) is 85.3 Å². The first kappa shape index (κ1) is 25.6. The number of methoxy groups -OCH3 is 1. The van der Waals surface area contributed by atoms with Crippen LogP contribution in [-0.4, -0.2) is 46.0 Å². The highest BCUT2D eigenvalue weighted by Crippen LogP contribution is 2.39. The molecular formula is C26H26Cl2N4O4. The number of nitrogens with one attached hydrogen (secondary N) is 1. The molecule has 1 atom stereocenters. The zero-order valence-electron chi connectivity index (χ0n) is 20.0. The maximum atomic E-state index is 13.8. The van der Waals surface area contributed by atoms with Crippen molar-refractivity contribution in [2.45, 2.75) is 32.1 Å². The molecule has 3 aromatic carbocycles. The van der Waals surface area contributed by atoms with Gasteiger partial charge in [0.2, 0.25) is 0 Å². The third-order valence-corrected chi connectivity index (χ3v) is 6.58. The normalized spacial score (nSPS) is 16.7. The molecule has 3 aromatic rings. The number of anilines is 2. The van der Waals surface area contributed by atoms with E-state index in [4.69, 9.17) is 27.9 Å². The monoisotopic (exact) mass is 528 g/mol. The number of carbonyl (C=O) groups excluding carboxylic acids is 2. The molecule has 188 valence electrons. The molecule has 1 heterocycles. The molecule has 1 fully saturated rings. The van der Waals surface area contributed by atoms with Crippen LogP contribution in [0.15, 0.2) is 72.8 Å². The fourth-order valence-corrected chi connectivity index (χ4v) is 4.64. The van der Waals surface area contributed by atoms with Crippen molar-refractivity contribution in [3.63, 3.8) is 0 Å². The van der Waals surface area contributed by atoms with Gasteiger partial charge in [-0.05, 0) is 67.9 Å². The van der Waals surface area contributed by atoms with E-state index in [0.29, 0.717) is 32.2 Å². The summed E-state index contributed by atoms with van der Waals surface area (Å²) >= 11 is 12.2. The minimum atomic E-state index is -1.08. The van der Waals surface area contributed by atoms with Gasteiger partial charge in [0.1, 0.15) is 5.75 Å². The van der Waals surface area contributed by atoms with Crippen LogP contribution in [0.4, 0.5) is 21.0 Å². The molecule has 0 aromatic heterocycles. The highest BCUT2D eigenvalue weighted by molar-refractivity contribution is 6.31. The Morgan fingerprint density at radius 1 is 1.06 bits per heavy atom. The van der Waals surface area contributed by atoms with E-state index in [-0.39, 0.29) is 6.54 Å². The van der Waals surface area contributed by atoms with Crippen molar-refractivity contribution in [2.75, 3.05) is 17.3 Å². The smallest absolute Gasteiger partial charge is 0.347 e. The molecule has 4 amide bonds. The Kier molecular flexibility index (Phi) is 7.31. The van der Waals surface area contributed by atoms with Crippen molar-refractivity contribution in [1.82, 2.24) is 9.96 Å². The van der Waals surface area contributed by atoms with Gasteiger partial charge in [0.05, 0.1) is 12.6 Å². The predicted octanol–water partition coefficient (Wildman–Crippen LogP) is 6.47. The molecule has 1 unspecified atom stereocenters. The van der Waals surface area contributed by atoms with Crippen LogP contribution in [-0.2, 0) is 6.54 Å². The van der Waals surface area contributed by atoms with Gasteiger partial charge < -0.3 is 15.0 Å². The number of nitrogens with zero attached hydrogens (tertiary/aromatic N) is 3. The lowest BCUT2D eigenvalue weighted by molar-refractivity contribution is -0.0954. The van der Waals surface area contributed by atoms with Gasteiger partial charge in [-0.25, -0.2) is 9.59 Å². The van der Waals surface area contributed by atoms with Crippen molar-refractivity contribution in [1.29, 1.82) is 0 Å². The SMILES string of the molecule is COc1ccc(CN2C(=O)N(c3cccc(Cl)c3)C(N(O)C(=O)Nc3cccc(Cl)c3)C2(C)C)cc1. The van der Waals surface area contributed by atoms with Crippen molar-refractivity contribution in [3.05, 3.63) is 88.4 Å². The van der Waals surface area contributed by atoms with Gasteiger partial charge in [0, 0.05) is 28.0 Å². The molecule has 0 spiro atoms. The van der Waals surface area contributed by atoms with E-state index in [2.05, 4.69) is 5.32 Å². The number of rotatable bonds is 6. The number of ether oxygens (including phenoxy) is 1. The summed E-state index contributed by atoms with van der Waals surface area (Å²) in [4.78, 5) is 29.9. The molecule has 0 saturated carbocycles. The third kappa shape index (κ3) is 5.06. The van der Waals surface area contributed by atoms with E-state index >= 15 is 0 Å². The lowest BCUT2D eigenvalue weighted by Gasteiger charge is -2.38. The van der Waals surface area contributed by atoms with E-state index in [1.165, 1.54) is 4.90 Å². The van der Waals surface area contributed by atoms with Gasteiger partial charge in [-0.3, -0.25) is 10.1 Å². The molecule has 2 N–H and O–H groups in total. The minimum absolute atomic E-state index is 0.243. The summed E-state index contributed by atoms with van der Waals surface area (Å²) in [7, 11) is 1.58. The van der Waals surface area contributed by atoms with Crippen molar-refractivity contribution >= 4 is 46.6 Å². The fourth-order valence-electron chi connectivity index (χ4n) is 4.27. The Morgan fingerprint density at radius 3 is 2.31 bits per heavy atom. The minimum Gasteiger partial charge on any atom is -0.497 e. The maximum Gasteiger partial charge on any atom is 0.347 e. The van der Waals surface area contributed by atoms with Gasteiger partial charge in [0.15, 0.2) is 6.17 Å². The summed E-state index contributed by atoms with van der Waals surface area (Å²) in [5, 5.41) is 15.2. The first-order chi connectivity index (χ1) is 17.1. The molecule has 0 aliphatic carbocycles. The Morgan fingerprint density at radius 2 is 1.69 bits per heavy atom. The zero-order valence-corrected chi connectivity index (χ0v) is 21.5. The molecular weight excluding hydrogens is 503 g/mol. The van der Waals surface area contributed by atoms with E-state index in [1.807, 2.05) is 24.3 Å². The van der Waals surface area contributed by atoms with Crippen LogP contribution in [0, 0.1) is 0 Å². The molecule has 1 aliphatic heterocycles. The Hall–Kier alpha value is -3.46. The summed E-state index contributed by atoms with van der Waals surface area (Å²) in [6.45, 7) is 3.83. The molecule has 10 heteroatoms. The van der Waals surface area contributed by atoms with Crippen molar-refractivity contribution < 1.29 is 19.5 Å². The second-order valence-electron chi connectivity index (χ2n) is 8.88. The van der Waals surface area contributed by atoms with Crippen LogP contribution >= 0.6 is 23.2 Å². The molecule has 8 nitrogen and oxygen atoms in total. The van der Waals surface area contributed by atoms with Gasteiger partial charge in [-0.15, -0.1) is 0 Å². The largest absolute Gasteiger partial charge is 0.497 e. The third-order valence-electron chi connectivity index (χ3n) is 6.11. The second kappa shape index (κ2) is 10.3. The van der Waals surface area contributed by atoms with Crippen molar-refractivity contribution in [3.8, 4) is 5.75 Å². The molecule has 0 radical (unpaired) electrons. The van der Waals surface area contributed by atoms with Gasteiger partial charge in [-0.1, -0.05) is 47.5 Å². The van der Waals surface area contributed by atoms with Crippen LogP contribution in [0.5, 0.6) is 5.75 Å². The number of benzene rings is 3. The fraction of sp³-hybridized carbons (Fsp3) is 0.231. The summed E-state index contributed by atoms with van der Waals surface area (Å²) in [5.74, 6) is 0.698. The van der Waals surface area contributed by atoms with E-state index < -0.39 is 23.8 Å². The average molecular weight is 529 g/mol. The highest BCUT2D eigenvalue weighted by Gasteiger charge is 2.56. The van der Waals surface area contributed by atoms with Crippen LogP contribution < -0.4 is 15.0 Å². The predicted molar refractivity (Wildman–Crippen MR) is 140 cm³/mol. The number of hydroxylamine groups is 2. The first-order valence-corrected chi connectivity index (χ1v) is 11.9. The Labute approximate surface area is 219 Å². The van der Waals surface area contributed by atoms with Crippen LogP contribution in [0.1, 0.15) is 19.4 Å². The number of amides is 4. The number of halogens is 2. The standard InChI is InChI=1S/C26H26Cl2N4O4/c1-26(2)23(32(35)24(33)29-20-8-4-6-18(27)14-20)31(21-9-5-7-19(28)15-21)25(34)30(26)16-17-10-12-22(36-3)13-11-17/h4-15,23,35H,16H2,1-3H3,(H,29,33). The van der Waals surface area contributed by atoms with Crippen LogP contribution in [0.25, 0.3) is 0 Å². The number of carbonyl (C=O) groups is 2. The Balaban J connectivity index is 1.70. The second-order valence-corrected chi connectivity index (χ2v) is 9.75. The maximum absolute atomic E-state index is 13.8. The zero-order chi connectivity index (χ0) is 26.0. The summed E-state index contributed by atoms with van der Waals surface area (Å²) < 4.78 is 5.22. The van der Waals surface area contributed by atoms with Crippen molar-refractivity contribution in [2.24, 2.45) is 0 Å². The highest BCUT2D eigenvalue weighted by atomic mass is 35.5. The number of hydrogen-bond acceptors (Lipinski definition) is 4. The van der Waals surface area contributed by atoms with E-state index in [1.54, 1.807) is 74.4 Å². The molecule has 36 heavy (non-hydrogen) atoms. The molecule has 0 bridgehead atoms. The summed E-state index contributed by atoms with van der Waals surface area (Å²) in [6.07, 6.45) is -1.08. The lowest BCUT2D eigenvalue weighted by Crippen LogP contribution is -2.58. The van der Waals surface area contributed by atoms with Gasteiger partial charge in [-0.2, -0.15) is 5.06 Å². The summed E-state index contributed by atoms with van der Waals surface area (Å²) in [5.41, 5.74) is 0.687. The quantitative estimate of drug-likeness (QED) is 0.283. The number of urea groups is 2. The first-order valence-electron chi connectivity index (χ1n) is 11.2. The molecule has 4 rings (SSSR count). The van der Waals surface area contributed by atoms with E-state index in [9.17, 15) is 14.8 Å². The Bertz CT molecular complexity index is 1270. The van der Waals surface area contributed by atoms with Crippen LogP contribution in [0.2, 0.25) is 10.0 Å². The lowest BCUT2D eigenvalue weighted by atomic mass is 9.99. The van der Waals surface area contributed by atoms with Gasteiger partial charge >= 0.3 is 12.1 Å². The number of hydrogen-bond donors (Lipinski definition) is 2. The molecule has 1 aliphatic rings. The van der Waals surface area contributed by atoms with Gasteiger partial charge in [0.25, 0.3) is 0 Å².